The molecule has 3 rings (SSSR count). The molecule has 0 saturated carbocycles. The first kappa shape index (κ1) is 13.1. The van der Waals surface area contributed by atoms with E-state index in [1.807, 2.05) is 18.2 Å². The van der Waals surface area contributed by atoms with Crippen LogP contribution in [0, 0.1) is 0 Å². The van der Waals surface area contributed by atoms with Gasteiger partial charge in [0.15, 0.2) is 0 Å². The predicted octanol–water partition coefficient (Wildman–Crippen LogP) is 1.28. The van der Waals surface area contributed by atoms with Gasteiger partial charge in [0.1, 0.15) is 10.7 Å². The monoisotopic (exact) mass is 289 g/mol. The Kier molecular flexibility index (Phi) is 3.19. The Morgan fingerprint density at radius 3 is 2.80 bits per heavy atom. The predicted molar refractivity (Wildman–Crippen MR) is 76.7 cm³/mol. The maximum atomic E-state index is 12.2. The SMILES string of the molecule is Nc1ncccc1S(=O)(=O)NCC1Cc2ccccc21. The van der Waals surface area contributed by atoms with Gasteiger partial charge in [-0.1, -0.05) is 24.3 Å². The van der Waals surface area contributed by atoms with Gasteiger partial charge in [-0.25, -0.2) is 18.1 Å². The third-order valence-electron chi connectivity index (χ3n) is 3.57. The molecule has 0 spiro atoms. The summed E-state index contributed by atoms with van der Waals surface area (Å²) in [6.45, 7) is 0.383. The van der Waals surface area contributed by atoms with Gasteiger partial charge >= 0.3 is 0 Å². The molecular formula is C14H15N3O2S. The van der Waals surface area contributed by atoms with Crippen LogP contribution in [0.3, 0.4) is 0 Å². The molecule has 1 aliphatic rings. The Bertz CT molecular complexity index is 744. The fourth-order valence-corrected chi connectivity index (χ4v) is 3.62. The van der Waals surface area contributed by atoms with E-state index in [4.69, 9.17) is 5.73 Å². The number of pyridine rings is 1. The summed E-state index contributed by atoms with van der Waals surface area (Å²) in [5.74, 6) is 0.257. The van der Waals surface area contributed by atoms with E-state index in [-0.39, 0.29) is 16.6 Å². The standard InChI is InChI=1S/C14H15N3O2S/c15-14-13(6-3-7-16-14)20(18,19)17-9-11-8-10-4-1-2-5-12(10)11/h1-7,11,17H,8-9H2,(H2,15,16). The first-order valence-electron chi connectivity index (χ1n) is 6.36. The van der Waals surface area contributed by atoms with Crippen LogP contribution in [-0.2, 0) is 16.4 Å². The van der Waals surface area contributed by atoms with Crippen LogP contribution in [0.2, 0.25) is 0 Å². The van der Waals surface area contributed by atoms with Gasteiger partial charge in [-0.05, 0) is 29.7 Å². The van der Waals surface area contributed by atoms with Crippen LogP contribution in [0.15, 0.2) is 47.5 Å². The highest BCUT2D eigenvalue weighted by atomic mass is 32.2. The number of rotatable bonds is 4. The van der Waals surface area contributed by atoms with E-state index >= 15 is 0 Å². The molecule has 0 bridgehead atoms. The second kappa shape index (κ2) is 4.88. The second-order valence-corrected chi connectivity index (χ2v) is 6.57. The summed E-state index contributed by atoms with van der Waals surface area (Å²) < 4.78 is 27.0. The number of hydrogen-bond acceptors (Lipinski definition) is 4. The number of hydrogen-bond donors (Lipinski definition) is 2. The summed E-state index contributed by atoms with van der Waals surface area (Å²) in [5.41, 5.74) is 8.11. The van der Waals surface area contributed by atoms with E-state index in [1.54, 1.807) is 6.07 Å². The molecule has 5 nitrogen and oxygen atoms in total. The maximum Gasteiger partial charge on any atom is 0.244 e. The summed E-state index contributed by atoms with van der Waals surface area (Å²) in [6.07, 6.45) is 2.37. The zero-order valence-electron chi connectivity index (χ0n) is 10.8. The summed E-state index contributed by atoms with van der Waals surface area (Å²) in [4.78, 5) is 3.84. The van der Waals surface area contributed by atoms with Gasteiger partial charge in [0.05, 0.1) is 0 Å². The fraction of sp³-hybridized carbons (Fsp3) is 0.214. The number of nitrogens with one attached hydrogen (secondary N) is 1. The van der Waals surface area contributed by atoms with Crippen molar-refractivity contribution in [3.8, 4) is 0 Å². The topological polar surface area (TPSA) is 85.1 Å². The molecule has 1 atom stereocenters. The van der Waals surface area contributed by atoms with Gasteiger partial charge in [-0.2, -0.15) is 0 Å². The minimum absolute atomic E-state index is 0.0222. The van der Waals surface area contributed by atoms with Gasteiger partial charge in [0, 0.05) is 18.7 Å². The van der Waals surface area contributed by atoms with E-state index in [9.17, 15) is 8.42 Å². The highest BCUT2D eigenvalue weighted by molar-refractivity contribution is 7.89. The zero-order chi connectivity index (χ0) is 14.2. The smallest absolute Gasteiger partial charge is 0.244 e. The summed E-state index contributed by atoms with van der Waals surface area (Å²) in [6, 6.07) is 11.1. The van der Waals surface area contributed by atoms with Gasteiger partial charge in [-0.15, -0.1) is 0 Å². The Balaban J connectivity index is 1.72. The van der Waals surface area contributed by atoms with Crippen LogP contribution in [-0.4, -0.2) is 19.9 Å². The Morgan fingerprint density at radius 1 is 1.25 bits per heavy atom. The molecule has 3 N–H and O–H groups in total. The highest BCUT2D eigenvalue weighted by Gasteiger charge is 2.27. The third-order valence-corrected chi connectivity index (χ3v) is 5.04. The molecule has 1 unspecified atom stereocenters. The van der Waals surface area contributed by atoms with Crippen molar-refractivity contribution in [1.82, 2.24) is 9.71 Å². The van der Waals surface area contributed by atoms with Crippen LogP contribution in [0.1, 0.15) is 17.0 Å². The second-order valence-electron chi connectivity index (χ2n) is 4.84. The van der Waals surface area contributed by atoms with E-state index < -0.39 is 10.0 Å². The number of nitrogens with zero attached hydrogens (tertiary/aromatic N) is 1. The molecule has 104 valence electrons. The summed E-state index contributed by atoms with van der Waals surface area (Å²) in [5, 5.41) is 0. The fourth-order valence-electron chi connectivity index (χ4n) is 2.46. The van der Waals surface area contributed by atoms with Crippen LogP contribution in [0.25, 0.3) is 0 Å². The van der Waals surface area contributed by atoms with Crippen molar-refractivity contribution in [2.45, 2.75) is 17.2 Å². The van der Waals surface area contributed by atoms with Gasteiger partial charge in [0.2, 0.25) is 10.0 Å². The summed E-state index contributed by atoms with van der Waals surface area (Å²) in [7, 11) is -3.60. The molecule has 20 heavy (non-hydrogen) atoms. The van der Waals surface area contributed by atoms with Crippen molar-refractivity contribution in [2.24, 2.45) is 0 Å². The molecule has 1 aromatic heterocycles. The summed E-state index contributed by atoms with van der Waals surface area (Å²) >= 11 is 0. The average molecular weight is 289 g/mol. The molecule has 0 fully saturated rings. The van der Waals surface area contributed by atoms with E-state index in [0.717, 1.165) is 6.42 Å². The van der Waals surface area contributed by atoms with E-state index in [1.165, 1.54) is 23.4 Å². The quantitative estimate of drug-likeness (QED) is 0.888. The van der Waals surface area contributed by atoms with Crippen molar-refractivity contribution in [3.63, 3.8) is 0 Å². The third kappa shape index (κ3) is 2.28. The lowest BCUT2D eigenvalue weighted by Gasteiger charge is -2.30. The minimum atomic E-state index is -3.60. The number of nitrogens with two attached hydrogens (primary N) is 1. The molecule has 1 aliphatic carbocycles. The number of aromatic nitrogens is 1. The number of nitrogen functional groups attached to an aromatic ring is 1. The normalized spacial score (nSPS) is 17.3. The van der Waals surface area contributed by atoms with Crippen molar-refractivity contribution in [1.29, 1.82) is 0 Å². The van der Waals surface area contributed by atoms with Crippen molar-refractivity contribution < 1.29 is 8.42 Å². The number of anilines is 1. The first-order chi connectivity index (χ1) is 9.58. The van der Waals surface area contributed by atoms with Gasteiger partial charge < -0.3 is 5.73 Å². The minimum Gasteiger partial charge on any atom is -0.383 e. The van der Waals surface area contributed by atoms with Crippen LogP contribution >= 0.6 is 0 Å². The molecule has 1 heterocycles. The van der Waals surface area contributed by atoms with Crippen molar-refractivity contribution in [2.75, 3.05) is 12.3 Å². The molecule has 1 aromatic carbocycles. The highest BCUT2D eigenvalue weighted by Crippen LogP contribution is 2.34. The van der Waals surface area contributed by atoms with Gasteiger partial charge in [0.25, 0.3) is 0 Å². The zero-order valence-corrected chi connectivity index (χ0v) is 11.6. The number of fused-ring (bicyclic) bond motifs is 1. The molecule has 0 aliphatic heterocycles. The van der Waals surface area contributed by atoms with Crippen molar-refractivity contribution in [3.05, 3.63) is 53.7 Å². The molecule has 0 saturated heterocycles. The molecular weight excluding hydrogens is 274 g/mol. The average Bonchev–Trinajstić information content (AvgIpc) is 2.40. The lowest BCUT2D eigenvalue weighted by molar-refractivity contribution is 0.552. The Labute approximate surface area is 117 Å². The van der Waals surface area contributed by atoms with E-state index in [0.29, 0.717) is 6.54 Å². The van der Waals surface area contributed by atoms with Crippen molar-refractivity contribution >= 4 is 15.8 Å². The lowest BCUT2D eigenvalue weighted by Crippen LogP contribution is -2.33. The molecule has 6 heteroatoms. The van der Waals surface area contributed by atoms with Crippen LogP contribution in [0.4, 0.5) is 5.82 Å². The van der Waals surface area contributed by atoms with E-state index in [2.05, 4.69) is 15.8 Å². The maximum absolute atomic E-state index is 12.2. The van der Waals surface area contributed by atoms with Crippen LogP contribution in [0.5, 0.6) is 0 Å². The largest absolute Gasteiger partial charge is 0.383 e. The molecule has 2 aromatic rings. The Hall–Kier alpha value is -1.92. The van der Waals surface area contributed by atoms with Crippen LogP contribution < -0.4 is 10.5 Å². The first-order valence-corrected chi connectivity index (χ1v) is 7.84. The number of sulfonamides is 1. The van der Waals surface area contributed by atoms with Gasteiger partial charge in [-0.3, -0.25) is 0 Å². The lowest BCUT2D eigenvalue weighted by atomic mass is 9.78. The molecule has 0 radical (unpaired) electrons. The Morgan fingerprint density at radius 2 is 2.05 bits per heavy atom. The number of benzene rings is 1. The molecule has 0 amide bonds.